The molecule has 0 bridgehead atoms. The monoisotopic (exact) mass is 299 g/mol. The van der Waals surface area contributed by atoms with Crippen LogP contribution in [0.5, 0.6) is 11.5 Å². The van der Waals surface area contributed by atoms with Gasteiger partial charge in [0.05, 0.1) is 6.04 Å². The number of thioether (sulfide) groups is 1. The minimum atomic E-state index is 0.192. The number of hydrogen-bond donors (Lipinski definition) is 1. The third kappa shape index (κ3) is 2.94. The summed E-state index contributed by atoms with van der Waals surface area (Å²) in [6.45, 7) is 5.48. The van der Waals surface area contributed by atoms with Crippen LogP contribution in [0.4, 0.5) is 0 Å². The molecule has 1 heterocycles. The number of rotatable bonds is 4. The average Bonchev–Trinajstić information content (AvgIpc) is 2.51. The van der Waals surface area contributed by atoms with Gasteiger partial charge in [0.2, 0.25) is 0 Å². The summed E-state index contributed by atoms with van der Waals surface area (Å²) in [6.07, 6.45) is 2.16. The summed E-state index contributed by atoms with van der Waals surface area (Å²) in [6, 6.07) is 16.8. The fraction of sp³-hybridized carbons (Fsp3) is 0.333. The van der Waals surface area contributed by atoms with E-state index in [1.807, 2.05) is 36.0 Å². The van der Waals surface area contributed by atoms with E-state index in [1.165, 1.54) is 11.1 Å². The Kier molecular flexibility index (Phi) is 3.96. The van der Waals surface area contributed by atoms with Crippen LogP contribution in [0.2, 0.25) is 0 Å². The lowest BCUT2D eigenvalue weighted by Crippen LogP contribution is -2.36. The molecule has 2 nitrogen and oxygen atoms in total. The Morgan fingerprint density at radius 1 is 1.00 bits per heavy atom. The minimum Gasteiger partial charge on any atom is -0.457 e. The first kappa shape index (κ1) is 14.5. The van der Waals surface area contributed by atoms with Crippen molar-refractivity contribution in [2.75, 3.05) is 12.8 Å². The lowest BCUT2D eigenvalue weighted by Gasteiger charge is -2.32. The molecule has 0 saturated carbocycles. The molecular weight excluding hydrogens is 278 g/mol. The summed E-state index contributed by atoms with van der Waals surface area (Å²) in [5, 5.41) is 3.72. The van der Waals surface area contributed by atoms with Gasteiger partial charge in [-0.3, -0.25) is 0 Å². The van der Waals surface area contributed by atoms with Crippen molar-refractivity contribution in [3.05, 3.63) is 59.7 Å². The van der Waals surface area contributed by atoms with Crippen LogP contribution in [0.3, 0.4) is 0 Å². The Morgan fingerprint density at radius 3 is 2.05 bits per heavy atom. The zero-order valence-corrected chi connectivity index (χ0v) is 13.5. The third-order valence-electron chi connectivity index (χ3n) is 3.96. The average molecular weight is 299 g/mol. The van der Waals surface area contributed by atoms with E-state index < -0.39 is 0 Å². The molecule has 1 aliphatic heterocycles. The lowest BCUT2D eigenvalue weighted by molar-refractivity contribution is 0.422. The molecule has 0 saturated heterocycles. The van der Waals surface area contributed by atoms with Crippen LogP contribution in [-0.2, 0) is 0 Å². The van der Waals surface area contributed by atoms with Gasteiger partial charge in [0.15, 0.2) is 0 Å². The maximum Gasteiger partial charge on any atom is 0.132 e. The molecule has 0 atom stereocenters. The summed E-state index contributed by atoms with van der Waals surface area (Å²) in [5.74, 6) is 1.91. The van der Waals surface area contributed by atoms with Crippen LogP contribution in [0.25, 0.3) is 0 Å². The summed E-state index contributed by atoms with van der Waals surface area (Å²) >= 11 is 1.88. The Bertz CT molecular complexity index is 593. The van der Waals surface area contributed by atoms with E-state index in [4.69, 9.17) is 4.74 Å². The van der Waals surface area contributed by atoms with Crippen molar-refractivity contribution in [1.82, 2.24) is 5.32 Å². The Morgan fingerprint density at radius 2 is 1.52 bits per heavy atom. The van der Waals surface area contributed by atoms with Crippen LogP contribution in [0, 0.1) is 0 Å². The Balaban J connectivity index is 1.95. The molecule has 0 fully saturated rings. The third-order valence-corrected chi connectivity index (χ3v) is 5.21. The molecule has 2 aromatic carbocycles. The predicted octanol–water partition coefficient (Wildman–Crippen LogP) is 4.61. The topological polar surface area (TPSA) is 21.3 Å². The zero-order chi connectivity index (χ0) is 14.9. The molecule has 3 heteroatoms. The van der Waals surface area contributed by atoms with Gasteiger partial charge < -0.3 is 10.1 Å². The first-order valence-corrected chi connectivity index (χ1v) is 8.47. The van der Waals surface area contributed by atoms with E-state index >= 15 is 0 Å². The van der Waals surface area contributed by atoms with Crippen LogP contribution in [-0.4, -0.2) is 17.5 Å². The number of nitrogens with one attached hydrogen (secondary N) is 1. The molecule has 0 spiro atoms. The highest BCUT2D eigenvalue weighted by Crippen LogP contribution is 2.42. The summed E-state index contributed by atoms with van der Waals surface area (Å²) in [4.78, 5) is 0. The molecule has 0 amide bonds. The van der Waals surface area contributed by atoms with Crippen molar-refractivity contribution in [2.45, 2.75) is 24.6 Å². The van der Waals surface area contributed by atoms with Gasteiger partial charge in [-0.05, 0) is 32.2 Å². The molecule has 2 aromatic rings. The van der Waals surface area contributed by atoms with E-state index in [1.54, 1.807) is 0 Å². The van der Waals surface area contributed by atoms with Crippen LogP contribution >= 0.6 is 11.8 Å². The predicted molar refractivity (Wildman–Crippen MR) is 90.4 cm³/mol. The molecule has 0 radical (unpaired) electrons. The highest BCUT2D eigenvalue weighted by atomic mass is 32.2. The van der Waals surface area contributed by atoms with Crippen molar-refractivity contribution in [1.29, 1.82) is 0 Å². The van der Waals surface area contributed by atoms with Gasteiger partial charge in [-0.25, -0.2) is 0 Å². The number of ether oxygens (including phenoxy) is 1. The quantitative estimate of drug-likeness (QED) is 0.890. The highest BCUT2D eigenvalue weighted by molar-refractivity contribution is 7.99. The van der Waals surface area contributed by atoms with Crippen molar-refractivity contribution in [2.24, 2.45) is 0 Å². The molecule has 3 rings (SSSR count). The second kappa shape index (κ2) is 5.74. The van der Waals surface area contributed by atoms with Crippen LogP contribution in [0.1, 0.15) is 31.0 Å². The summed E-state index contributed by atoms with van der Waals surface area (Å²) in [7, 11) is 0. The van der Waals surface area contributed by atoms with Gasteiger partial charge in [0, 0.05) is 22.4 Å². The van der Waals surface area contributed by atoms with E-state index in [0.29, 0.717) is 0 Å². The maximum atomic E-state index is 6.02. The van der Waals surface area contributed by atoms with Crippen molar-refractivity contribution < 1.29 is 4.74 Å². The normalized spacial score (nSPS) is 14.2. The molecular formula is C18H21NOS. The fourth-order valence-corrected chi connectivity index (χ4v) is 2.78. The Hall–Kier alpha value is -1.45. The minimum absolute atomic E-state index is 0.192. The van der Waals surface area contributed by atoms with Crippen LogP contribution in [0.15, 0.2) is 48.5 Å². The maximum absolute atomic E-state index is 6.02. The summed E-state index contributed by atoms with van der Waals surface area (Å²) < 4.78 is 6.23. The van der Waals surface area contributed by atoms with Crippen molar-refractivity contribution >= 4 is 11.8 Å². The molecule has 21 heavy (non-hydrogen) atoms. The van der Waals surface area contributed by atoms with E-state index in [9.17, 15) is 0 Å². The van der Waals surface area contributed by atoms with Gasteiger partial charge in [-0.1, -0.05) is 36.4 Å². The number of fused-ring (bicyclic) bond motifs is 2. The zero-order valence-electron chi connectivity index (χ0n) is 12.7. The standard InChI is InChI=1S/C18H21NOS/c1-18(2,21-3)12-19-17-13-8-4-6-10-15(13)20-16-11-7-5-9-14(16)17/h4-11,17,19H,12H2,1-3H3. The lowest BCUT2D eigenvalue weighted by atomic mass is 9.94. The van der Waals surface area contributed by atoms with Gasteiger partial charge in [-0.15, -0.1) is 0 Å². The molecule has 1 N–H and O–H groups in total. The van der Waals surface area contributed by atoms with Crippen molar-refractivity contribution in [3.8, 4) is 11.5 Å². The van der Waals surface area contributed by atoms with Crippen molar-refractivity contribution in [3.63, 3.8) is 0 Å². The molecule has 0 aliphatic carbocycles. The molecule has 0 unspecified atom stereocenters. The van der Waals surface area contributed by atoms with E-state index in [2.05, 4.69) is 49.7 Å². The Labute approximate surface area is 130 Å². The number of para-hydroxylation sites is 2. The SMILES string of the molecule is CSC(C)(C)CNC1c2ccccc2Oc2ccccc21. The number of hydrogen-bond acceptors (Lipinski definition) is 3. The second-order valence-electron chi connectivity index (χ2n) is 5.96. The second-order valence-corrected chi connectivity index (χ2v) is 7.47. The largest absolute Gasteiger partial charge is 0.457 e. The van der Waals surface area contributed by atoms with Gasteiger partial charge >= 0.3 is 0 Å². The first-order chi connectivity index (χ1) is 10.1. The highest BCUT2D eigenvalue weighted by Gasteiger charge is 2.28. The molecule has 1 aliphatic rings. The smallest absolute Gasteiger partial charge is 0.132 e. The van der Waals surface area contributed by atoms with Crippen LogP contribution < -0.4 is 10.1 Å². The number of benzene rings is 2. The molecule has 110 valence electrons. The van der Waals surface area contributed by atoms with E-state index in [0.717, 1.165) is 18.0 Å². The van der Waals surface area contributed by atoms with Gasteiger partial charge in [-0.2, -0.15) is 11.8 Å². The van der Waals surface area contributed by atoms with E-state index in [-0.39, 0.29) is 10.8 Å². The van der Waals surface area contributed by atoms with Gasteiger partial charge in [0.1, 0.15) is 11.5 Å². The molecule has 0 aromatic heterocycles. The summed E-state index contributed by atoms with van der Waals surface area (Å²) in [5.41, 5.74) is 2.43. The first-order valence-electron chi connectivity index (χ1n) is 7.25. The fourth-order valence-electron chi connectivity index (χ4n) is 2.55. The van der Waals surface area contributed by atoms with Gasteiger partial charge in [0.25, 0.3) is 0 Å².